The number of rotatable bonds is 4. The van der Waals surface area contributed by atoms with E-state index in [0.717, 1.165) is 43.3 Å². The number of anilines is 1. The molecule has 0 saturated carbocycles. The molecule has 8 nitrogen and oxygen atoms in total. The predicted octanol–water partition coefficient (Wildman–Crippen LogP) is 4.21. The van der Waals surface area contributed by atoms with Gasteiger partial charge in [-0.1, -0.05) is 0 Å². The lowest BCUT2D eigenvalue weighted by atomic mass is 9.95. The van der Waals surface area contributed by atoms with Crippen molar-refractivity contribution >= 4 is 28.7 Å². The molecule has 2 aliphatic rings. The van der Waals surface area contributed by atoms with Crippen LogP contribution in [-0.2, 0) is 16.0 Å². The third-order valence-corrected chi connectivity index (χ3v) is 6.67. The van der Waals surface area contributed by atoms with Crippen molar-refractivity contribution in [1.82, 2.24) is 14.7 Å². The van der Waals surface area contributed by atoms with Gasteiger partial charge >= 0.3 is 12.1 Å². The molecule has 4 rings (SSSR count). The molecule has 174 valence electrons. The minimum absolute atomic E-state index is 0.194. The van der Waals surface area contributed by atoms with Crippen LogP contribution in [0.4, 0.5) is 10.5 Å². The summed E-state index contributed by atoms with van der Waals surface area (Å²) in [7, 11) is 3.49. The lowest BCUT2D eigenvalue weighted by Gasteiger charge is -2.43. The summed E-state index contributed by atoms with van der Waals surface area (Å²) >= 11 is 0. The molecule has 2 aliphatic heterocycles. The number of ether oxygens (including phenoxy) is 2. The van der Waals surface area contributed by atoms with Crippen LogP contribution in [0.1, 0.15) is 63.7 Å². The van der Waals surface area contributed by atoms with Crippen molar-refractivity contribution in [2.75, 3.05) is 19.1 Å². The second-order valence-corrected chi connectivity index (χ2v) is 9.88. The Bertz CT molecular complexity index is 1010. The van der Waals surface area contributed by atoms with E-state index in [4.69, 9.17) is 9.47 Å². The van der Waals surface area contributed by atoms with Crippen molar-refractivity contribution in [1.29, 1.82) is 0 Å². The lowest BCUT2D eigenvalue weighted by Crippen LogP contribution is -2.53. The van der Waals surface area contributed by atoms with Crippen LogP contribution in [-0.4, -0.2) is 64.6 Å². The van der Waals surface area contributed by atoms with Crippen LogP contribution in [0.25, 0.3) is 10.9 Å². The number of methoxy groups -OCH3 is 1. The van der Waals surface area contributed by atoms with Crippen molar-refractivity contribution in [3.05, 3.63) is 23.9 Å². The molecule has 1 aromatic heterocycles. The van der Waals surface area contributed by atoms with E-state index in [-0.39, 0.29) is 24.1 Å². The predicted molar refractivity (Wildman–Crippen MR) is 123 cm³/mol. The van der Waals surface area contributed by atoms with E-state index in [1.54, 1.807) is 6.07 Å². The van der Waals surface area contributed by atoms with Crippen LogP contribution in [0.2, 0.25) is 0 Å². The van der Waals surface area contributed by atoms with Gasteiger partial charge in [-0.15, -0.1) is 0 Å². The first kappa shape index (κ1) is 22.4. The second kappa shape index (κ2) is 8.30. The zero-order chi connectivity index (χ0) is 23.2. The van der Waals surface area contributed by atoms with Gasteiger partial charge in [0.05, 0.1) is 12.7 Å². The number of hydrogen-bond donors (Lipinski definition) is 0. The van der Waals surface area contributed by atoms with Crippen molar-refractivity contribution in [3.63, 3.8) is 0 Å². The van der Waals surface area contributed by atoms with Crippen molar-refractivity contribution in [2.24, 2.45) is 0 Å². The molecule has 3 atom stereocenters. The minimum atomic E-state index is -0.489. The zero-order valence-electron chi connectivity index (χ0n) is 19.9. The standard InChI is InChI=1S/C24H34N4O4/c1-7-27-14-19-20(11-10-18(21(19)25-27)22(29)31-6)26(5)17-12-15-8-9-16(13-17)28(15)23(30)32-24(2,3)4/h10-11,14-17H,7-9,12-13H2,1-6H3/t15-,16+,17?. The molecular formula is C24H34N4O4. The van der Waals surface area contributed by atoms with E-state index < -0.39 is 5.60 Å². The highest BCUT2D eigenvalue weighted by atomic mass is 16.6. The Labute approximate surface area is 189 Å². The van der Waals surface area contributed by atoms with Crippen molar-refractivity contribution in [2.45, 2.75) is 83.6 Å². The summed E-state index contributed by atoms with van der Waals surface area (Å²) < 4.78 is 12.5. The van der Waals surface area contributed by atoms with Gasteiger partial charge in [0.2, 0.25) is 0 Å². The molecule has 1 amide bonds. The van der Waals surface area contributed by atoms with Gasteiger partial charge in [-0.2, -0.15) is 5.10 Å². The monoisotopic (exact) mass is 442 g/mol. The number of carbonyl (C=O) groups excluding carboxylic acids is 2. The number of benzene rings is 1. The topological polar surface area (TPSA) is 76.9 Å². The highest BCUT2D eigenvalue weighted by molar-refractivity contribution is 6.06. The lowest BCUT2D eigenvalue weighted by molar-refractivity contribution is 0.00598. The van der Waals surface area contributed by atoms with Crippen molar-refractivity contribution < 1.29 is 19.1 Å². The molecular weight excluding hydrogens is 408 g/mol. The van der Waals surface area contributed by atoms with Gasteiger partial charge in [0.15, 0.2) is 0 Å². The van der Waals surface area contributed by atoms with E-state index in [2.05, 4.69) is 17.0 Å². The fourth-order valence-electron chi connectivity index (χ4n) is 5.16. The number of esters is 1. The number of nitrogens with zero attached hydrogens (tertiary/aromatic N) is 4. The van der Waals surface area contributed by atoms with Crippen LogP contribution in [0.3, 0.4) is 0 Å². The Morgan fingerprint density at radius 2 is 1.84 bits per heavy atom. The maximum absolute atomic E-state index is 12.8. The SMILES string of the molecule is CCn1cc2c(N(C)C3C[C@H]4CC[C@@H](C3)N4C(=O)OC(C)(C)C)ccc(C(=O)OC)c2n1. The number of aromatic nitrogens is 2. The van der Waals surface area contributed by atoms with Crippen LogP contribution < -0.4 is 4.90 Å². The van der Waals surface area contributed by atoms with Crippen LogP contribution >= 0.6 is 0 Å². The third-order valence-electron chi connectivity index (χ3n) is 6.67. The van der Waals surface area contributed by atoms with E-state index in [9.17, 15) is 9.59 Å². The molecule has 2 fully saturated rings. The van der Waals surface area contributed by atoms with Crippen molar-refractivity contribution in [3.8, 4) is 0 Å². The summed E-state index contributed by atoms with van der Waals surface area (Å²) in [4.78, 5) is 29.3. The highest BCUT2D eigenvalue weighted by Crippen LogP contribution is 2.40. The molecule has 0 N–H and O–H groups in total. The Balaban J connectivity index is 1.60. The minimum Gasteiger partial charge on any atom is -0.465 e. The maximum Gasteiger partial charge on any atom is 0.410 e. The third kappa shape index (κ3) is 4.02. The molecule has 0 aliphatic carbocycles. The Morgan fingerprint density at radius 1 is 1.19 bits per heavy atom. The molecule has 2 saturated heterocycles. The zero-order valence-corrected chi connectivity index (χ0v) is 19.9. The fourth-order valence-corrected chi connectivity index (χ4v) is 5.16. The molecule has 8 heteroatoms. The molecule has 1 aromatic carbocycles. The molecule has 0 radical (unpaired) electrons. The quantitative estimate of drug-likeness (QED) is 0.660. The first-order chi connectivity index (χ1) is 15.1. The summed E-state index contributed by atoms with van der Waals surface area (Å²) in [6.07, 6.45) is 5.62. The van der Waals surface area contributed by atoms with Gasteiger partial charge in [-0.05, 0) is 65.5 Å². The second-order valence-electron chi connectivity index (χ2n) is 9.88. The summed E-state index contributed by atoms with van der Waals surface area (Å²) in [5.41, 5.74) is 1.70. The van der Waals surface area contributed by atoms with E-state index >= 15 is 0 Å². The number of amides is 1. The molecule has 3 heterocycles. The first-order valence-electron chi connectivity index (χ1n) is 11.5. The van der Waals surface area contributed by atoms with Crippen LogP contribution in [0.5, 0.6) is 0 Å². The Kier molecular flexibility index (Phi) is 5.81. The number of aryl methyl sites for hydroxylation is 1. The van der Waals surface area contributed by atoms with E-state index in [1.807, 2.05) is 49.5 Å². The molecule has 0 spiro atoms. The van der Waals surface area contributed by atoms with Gasteiger partial charge < -0.3 is 19.3 Å². The fraction of sp³-hybridized carbons (Fsp3) is 0.625. The molecule has 1 unspecified atom stereocenters. The van der Waals surface area contributed by atoms with Crippen LogP contribution in [0, 0.1) is 0 Å². The highest BCUT2D eigenvalue weighted by Gasteiger charge is 2.46. The first-order valence-corrected chi connectivity index (χ1v) is 11.5. The van der Waals surface area contributed by atoms with Gasteiger partial charge in [0.25, 0.3) is 0 Å². The molecule has 2 bridgehead atoms. The number of piperidine rings is 1. The average Bonchev–Trinajstić information content (AvgIpc) is 3.29. The maximum atomic E-state index is 12.8. The smallest absolute Gasteiger partial charge is 0.410 e. The molecule has 32 heavy (non-hydrogen) atoms. The van der Waals surface area contributed by atoms with Gasteiger partial charge in [0, 0.05) is 49.0 Å². The number of hydrogen-bond acceptors (Lipinski definition) is 6. The largest absolute Gasteiger partial charge is 0.465 e. The Hall–Kier alpha value is -2.77. The average molecular weight is 443 g/mol. The van der Waals surface area contributed by atoms with E-state index in [0.29, 0.717) is 17.1 Å². The Morgan fingerprint density at radius 3 is 2.41 bits per heavy atom. The summed E-state index contributed by atoms with van der Waals surface area (Å²) in [5.74, 6) is -0.380. The summed E-state index contributed by atoms with van der Waals surface area (Å²) in [6.45, 7) is 8.47. The summed E-state index contributed by atoms with van der Waals surface area (Å²) in [6, 6.07) is 4.47. The van der Waals surface area contributed by atoms with E-state index in [1.165, 1.54) is 7.11 Å². The summed E-state index contributed by atoms with van der Waals surface area (Å²) in [5, 5.41) is 5.56. The number of fused-ring (bicyclic) bond motifs is 3. The van der Waals surface area contributed by atoms with Gasteiger partial charge in [-0.3, -0.25) is 4.68 Å². The van der Waals surface area contributed by atoms with Gasteiger partial charge in [-0.25, -0.2) is 9.59 Å². The van der Waals surface area contributed by atoms with Gasteiger partial charge in [0.1, 0.15) is 11.1 Å². The normalized spacial score (nSPS) is 22.8. The molecule has 2 aromatic rings. The van der Waals surface area contributed by atoms with Crippen LogP contribution in [0.15, 0.2) is 18.3 Å². The number of carbonyl (C=O) groups is 2.